The SMILES string of the molecule is C1CCOC1.C1CCOC1.Cc1cccc(/N=C2\[N-]/C(=N\c3cccc(C)n3)c3ccccc32)n1.Cc1cccc(/N=C2\[N-]/C(=N\c3cccc(C)n3)c3ccccc32)n1.O=S(=O)([O-])C(F)(F)F.O=S(=O)([O-])C(F)(F)F.[Fe+2].[Fe+2]. The van der Waals surface area contributed by atoms with E-state index in [1.54, 1.807) is 0 Å². The summed E-state index contributed by atoms with van der Waals surface area (Å²) in [5.41, 5.74) is -3.78. The Morgan fingerprint density at radius 1 is 0.410 bits per heavy atom. The van der Waals surface area contributed by atoms with Crippen molar-refractivity contribution < 1.29 is 95.9 Å². The normalized spacial score (nSPS) is 16.3. The molecule has 0 aliphatic carbocycles. The first-order valence-electron chi connectivity index (χ1n) is 22.8. The molecule has 4 aromatic heterocycles. The smallest absolute Gasteiger partial charge is 0.741 e. The second-order valence-corrected chi connectivity index (χ2v) is 18.8. The largest absolute Gasteiger partial charge is 2.00 e. The number of halogens is 6. The van der Waals surface area contributed by atoms with Crippen LogP contribution in [0.5, 0.6) is 0 Å². The maximum Gasteiger partial charge on any atom is 2.00 e. The standard InChI is InChI=1S/2C20H16N5.2C4H8O.2CHF3O3S.2Fe/c2*1-13-7-5-11-17(21-13)23-19-15-9-3-4-10-16(15)20(25-19)24-18-12-6-8-14(2)22-18;2*1-2-4-5-3-1;2*2-1(3,4)8(5,6)7;;/h2*3-12H,1-2H3;2*1-4H2;2*(H,5,6,7);;/q2*-1;;;;;2*+2/p-2. The molecule has 10 rings (SSSR count). The van der Waals surface area contributed by atoms with Gasteiger partial charge in [0.1, 0.15) is 0 Å². The molecule has 2 saturated heterocycles. The number of rotatable bonds is 4. The third-order valence-electron chi connectivity index (χ3n) is 9.84. The number of aryl methyl sites for hydroxylation is 4. The second-order valence-electron chi connectivity index (χ2n) is 16.0. The van der Waals surface area contributed by atoms with Gasteiger partial charge in [-0.1, -0.05) is 72.8 Å². The summed E-state index contributed by atoms with van der Waals surface area (Å²) in [6.07, 6.45) is 5.11. The molecule has 0 saturated carbocycles. The van der Waals surface area contributed by atoms with Gasteiger partial charge in [0.05, 0.1) is 23.3 Å². The van der Waals surface area contributed by atoms with Crippen molar-refractivity contribution in [3.05, 3.63) is 177 Å². The molecule has 0 amide bonds. The van der Waals surface area contributed by atoms with Gasteiger partial charge in [0, 0.05) is 72.5 Å². The summed E-state index contributed by atoms with van der Waals surface area (Å²) in [6.45, 7) is 11.8. The molecule has 0 atom stereocenters. The van der Waals surface area contributed by atoms with Gasteiger partial charge in [-0.2, -0.15) is 26.3 Å². The summed E-state index contributed by atoms with van der Waals surface area (Å²) < 4.78 is 128. The zero-order chi connectivity index (χ0) is 55.5. The molecule has 0 N–H and O–H groups in total. The van der Waals surface area contributed by atoms with Crippen molar-refractivity contribution in [1.82, 2.24) is 19.9 Å². The van der Waals surface area contributed by atoms with E-state index < -0.39 is 31.3 Å². The summed E-state index contributed by atoms with van der Waals surface area (Å²) in [5.74, 6) is 5.07. The van der Waals surface area contributed by atoms with Gasteiger partial charge in [-0.25, -0.2) is 16.8 Å². The van der Waals surface area contributed by atoms with Crippen molar-refractivity contribution >= 4 is 66.9 Å². The van der Waals surface area contributed by atoms with Crippen LogP contribution in [0.25, 0.3) is 10.6 Å². The molecule has 4 aliphatic rings. The number of nitrogens with zero attached hydrogens (tertiary/aromatic N) is 10. The first kappa shape index (κ1) is 66.0. The predicted molar refractivity (Wildman–Crippen MR) is 272 cm³/mol. The van der Waals surface area contributed by atoms with E-state index in [1.165, 1.54) is 25.7 Å². The summed E-state index contributed by atoms with van der Waals surface area (Å²) >= 11 is 0. The fourth-order valence-electron chi connectivity index (χ4n) is 6.35. The Hall–Kier alpha value is -6.32. The molecular weight excluding hydrogens is 1160 g/mol. The maximum absolute atomic E-state index is 10.7. The second kappa shape index (κ2) is 30.7. The third kappa shape index (κ3) is 21.5. The minimum Gasteiger partial charge on any atom is -0.741 e. The molecule has 0 unspecified atom stereocenters. The zero-order valence-electron chi connectivity index (χ0n) is 41.7. The van der Waals surface area contributed by atoms with E-state index in [1.807, 2.05) is 149 Å². The summed E-state index contributed by atoms with van der Waals surface area (Å²) in [4.78, 5) is 36.2. The van der Waals surface area contributed by atoms with E-state index in [0.717, 1.165) is 71.5 Å². The van der Waals surface area contributed by atoms with Crippen LogP contribution in [-0.4, -0.2) is 107 Å². The number of benzene rings is 2. The Kier molecular flexibility index (Phi) is 26.0. The van der Waals surface area contributed by atoms with Crippen molar-refractivity contribution in [2.45, 2.75) is 64.4 Å². The molecule has 18 nitrogen and oxygen atoms in total. The van der Waals surface area contributed by atoms with Crippen LogP contribution in [0.4, 0.5) is 49.6 Å². The van der Waals surface area contributed by atoms with Gasteiger partial charge in [-0.3, -0.25) is 19.9 Å². The van der Waals surface area contributed by atoms with Crippen LogP contribution >= 0.6 is 0 Å². The number of amidine groups is 4. The van der Waals surface area contributed by atoms with Gasteiger partial charge in [0.2, 0.25) is 0 Å². The van der Waals surface area contributed by atoms with Gasteiger partial charge >= 0.3 is 45.2 Å². The number of alkyl halides is 6. The molecule has 0 spiro atoms. The Morgan fingerprint density at radius 3 is 0.769 bits per heavy atom. The molecular formula is C50H48F6Fe2N10O8S2. The van der Waals surface area contributed by atoms with Crippen molar-refractivity contribution in [1.29, 1.82) is 0 Å². The van der Waals surface area contributed by atoms with E-state index >= 15 is 0 Å². The molecule has 78 heavy (non-hydrogen) atoms. The molecule has 2 aromatic carbocycles. The number of pyridine rings is 4. The van der Waals surface area contributed by atoms with Gasteiger partial charge in [0.25, 0.3) is 0 Å². The third-order valence-corrected chi connectivity index (χ3v) is 11.0. The first-order valence-corrected chi connectivity index (χ1v) is 25.6. The van der Waals surface area contributed by atoms with Crippen LogP contribution in [-0.2, 0) is 63.8 Å². The van der Waals surface area contributed by atoms with Crippen LogP contribution in [0.1, 0.15) is 70.7 Å². The van der Waals surface area contributed by atoms with E-state index in [-0.39, 0.29) is 34.1 Å². The molecule has 28 heteroatoms. The molecule has 2 fully saturated rings. The van der Waals surface area contributed by atoms with E-state index in [4.69, 9.17) is 35.4 Å². The number of fused-ring (bicyclic) bond motifs is 2. The minimum absolute atomic E-state index is 0. The van der Waals surface area contributed by atoms with Gasteiger partial charge in [0.15, 0.2) is 20.2 Å². The fraction of sp³-hybridized carbons (Fsp3) is 0.280. The van der Waals surface area contributed by atoms with Gasteiger partial charge in [-0.05, 0) is 124 Å². The average Bonchev–Trinajstić information content (AvgIpc) is 4.21. The summed E-state index contributed by atoms with van der Waals surface area (Å²) in [5, 5.41) is 9.25. The molecule has 8 heterocycles. The minimum atomic E-state index is -6.09. The fourth-order valence-corrected chi connectivity index (χ4v) is 6.35. The molecule has 6 aromatic rings. The quantitative estimate of drug-likeness (QED) is 0.0690. The Bertz CT molecular complexity index is 2900. The van der Waals surface area contributed by atoms with Crippen LogP contribution in [0.3, 0.4) is 0 Å². The summed E-state index contributed by atoms with van der Waals surface area (Å²) in [6, 6.07) is 38.9. The van der Waals surface area contributed by atoms with Crippen LogP contribution in [0, 0.1) is 27.7 Å². The van der Waals surface area contributed by atoms with Crippen LogP contribution < -0.4 is 0 Å². The topological polar surface area (TPSA) is 262 Å². The van der Waals surface area contributed by atoms with E-state index in [9.17, 15) is 26.3 Å². The summed E-state index contributed by atoms with van der Waals surface area (Å²) in [7, 11) is -12.2. The monoisotopic (exact) mass is 1210 g/mol. The van der Waals surface area contributed by atoms with Crippen molar-refractivity contribution in [3.63, 3.8) is 0 Å². The molecule has 4 aliphatic heterocycles. The Morgan fingerprint density at radius 2 is 0.615 bits per heavy atom. The van der Waals surface area contributed by atoms with Crippen molar-refractivity contribution in [3.8, 4) is 0 Å². The average molecular weight is 1210 g/mol. The Labute approximate surface area is 468 Å². The zero-order valence-corrected chi connectivity index (χ0v) is 45.6. The van der Waals surface area contributed by atoms with Crippen molar-refractivity contribution in [2.24, 2.45) is 20.0 Å². The maximum atomic E-state index is 10.7. The van der Waals surface area contributed by atoms with E-state index in [0.29, 0.717) is 46.6 Å². The van der Waals surface area contributed by atoms with Gasteiger partial charge in [-0.15, -0.1) is 0 Å². The number of hydrogen-bond acceptors (Lipinski definition) is 16. The number of aromatic nitrogens is 4. The molecule has 0 bridgehead atoms. The van der Waals surface area contributed by atoms with E-state index in [2.05, 4.69) is 50.5 Å². The van der Waals surface area contributed by atoms with Crippen LogP contribution in [0.15, 0.2) is 141 Å². The predicted octanol–water partition coefficient (Wildman–Crippen LogP) is 11.0. The van der Waals surface area contributed by atoms with Crippen molar-refractivity contribution in [2.75, 3.05) is 26.4 Å². The number of hydrogen-bond donors (Lipinski definition) is 0. The van der Waals surface area contributed by atoms with Crippen LogP contribution in [0.2, 0.25) is 0 Å². The Balaban J connectivity index is 0.000000279. The van der Waals surface area contributed by atoms with Gasteiger partial charge < -0.3 is 49.2 Å². The number of aliphatic imine (C=N–C) groups is 4. The number of ether oxygens (including phenoxy) is 2. The first-order chi connectivity index (χ1) is 35.9. The molecule has 0 radical (unpaired) electrons. The molecule has 416 valence electrons.